The van der Waals surface area contributed by atoms with E-state index in [9.17, 15) is 18.0 Å². The van der Waals surface area contributed by atoms with Crippen LogP contribution in [0.25, 0.3) is 0 Å². The highest BCUT2D eigenvalue weighted by Gasteiger charge is 2.30. The second-order valence-corrected chi connectivity index (χ2v) is 4.40. The lowest BCUT2D eigenvalue weighted by molar-refractivity contribution is -0.137. The van der Waals surface area contributed by atoms with Crippen molar-refractivity contribution in [1.29, 1.82) is 0 Å². The summed E-state index contributed by atoms with van der Waals surface area (Å²) in [5, 5.41) is 2.53. The van der Waals surface area contributed by atoms with Crippen LogP contribution in [-0.4, -0.2) is 15.9 Å². The fourth-order valence-corrected chi connectivity index (χ4v) is 1.65. The molecule has 1 aromatic heterocycles. The molecule has 1 aromatic carbocycles. The highest BCUT2D eigenvalue weighted by atomic mass is 19.4. The molecule has 2 rings (SSSR count). The third kappa shape index (κ3) is 4.01. The van der Waals surface area contributed by atoms with E-state index in [-0.39, 0.29) is 12.1 Å². The number of alkyl halides is 3. The molecule has 4 nitrogen and oxygen atoms in total. The van der Waals surface area contributed by atoms with Crippen molar-refractivity contribution in [2.24, 2.45) is 0 Å². The lowest BCUT2D eigenvalue weighted by atomic mass is 10.1. The third-order valence-electron chi connectivity index (χ3n) is 2.75. The summed E-state index contributed by atoms with van der Waals surface area (Å²) in [7, 11) is 0. The number of aromatic nitrogens is 2. The number of carbonyl (C=O) groups is 1. The summed E-state index contributed by atoms with van der Waals surface area (Å²) in [4.78, 5) is 19.6. The molecule has 0 aliphatic heterocycles. The molecule has 21 heavy (non-hydrogen) atoms. The van der Waals surface area contributed by atoms with Gasteiger partial charge in [-0.2, -0.15) is 13.2 Å². The van der Waals surface area contributed by atoms with E-state index in [1.54, 1.807) is 6.92 Å². The van der Waals surface area contributed by atoms with Gasteiger partial charge in [-0.1, -0.05) is 12.1 Å². The molecular weight excluding hydrogens is 283 g/mol. The van der Waals surface area contributed by atoms with Gasteiger partial charge in [0, 0.05) is 18.9 Å². The maximum atomic E-state index is 12.6. The van der Waals surface area contributed by atoms with Gasteiger partial charge in [0.1, 0.15) is 5.82 Å². The molecule has 0 spiro atoms. The molecule has 0 unspecified atom stereocenters. The van der Waals surface area contributed by atoms with Crippen LogP contribution in [0.1, 0.15) is 27.3 Å². The fourth-order valence-electron chi connectivity index (χ4n) is 1.65. The Balaban J connectivity index is 2.03. The summed E-state index contributed by atoms with van der Waals surface area (Å²) >= 11 is 0. The maximum Gasteiger partial charge on any atom is 0.416 e. The Kier molecular flexibility index (Phi) is 4.21. The zero-order chi connectivity index (χ0) is 15.5. The summed E-state index contributed by atoms with van der Waals surface area (Å²) < 4.78 is 37.7. The second kappa shape index (κ2) is 5.90. The van der Waals surface area contributed by atoms with Crippen LogP contribution in [0, 0.1) is 6.92 Å². The lowest BCUT2D eigenvalue weighted by Crippen LogP contribution is -2.23. The van der Waals surface area contributed by atoms with Crippen LogP contribution >= 0.6 is 0 Å². The van der Waals surface area contributed by atoms with Gasteiger partial charge in [-0.3, -0.25) is 4.79 Å². The van der Waals surface area contributed by atoms with Crippen molar-refractivity contribution in [1.82, 2.24) is 15.3 Å². The number of nitrogens with zero attached hydrogens (tertiary/aromatic N) is 2. The van der Waals surface area contributed by atoms with E-state index >= 15 is 0 Å². The van der Waals surface area contributed by atoms with Crippen molar-refractivity contribution in [2.75, 3.05) is 0 Å². The largest absolute Gasteiger partial charge is 0.416 e. The molecule has 0 atom stereocenters. The zero-order valence-electron chi connectivity index (χ0n) is 11.1. The van der Waals surface area contributed by atoms with Gasteiger partial charge in [0.05, 0.1) is 11.1 Å². The van der Waals surface area contributed by atoms with Crippen LogP contribution in [0.15, 0.2) is 36.7 Å². The van der Waals surface area contributed by atoms with Crippen molar-refractivity contribution in [3.63, 3.8) is 0 Å². The maximum absolute atomic E-state index is 12.6. The zero-order valence-corrected chi connectivity index (χ0v) is 11.1. The van der Waals surface area contributed by atoms with Crippen molar-refractivity contribution < 1.29 is 18.0 Å². The summed E-state index contributed by atoms with van der Waals surface area (Å²) in [6.07, 6.45) is -1.67. The molecule has 0 aliphatic rings. The Morgan fingerprint density at radius 3 is 2.52 bits per heavy atom. The van der Waals surface area contributed by atoms with Crippen LogP contribution < -0.4 is 5.32 Å². The van der Waals surface area contributed by atoms with E-state index < -0.39 is 17.6 Å². The van der Waals surface area contributed by atoms with Crippen LogP contribution in [-0.2, 0) is 12.7 Å². The Morgan fingerprint density at radius 2 is 1.90 bits per heavy atom. The van der Waals surface area contributed by atoms with Gasteiger partial charge < -0.3 is 5.32 Å². The molecule has 1 heterocycles. The highest BCUT2D eigenvalue weighted by molar-refractivity contribution is 5.93. The smallest absolute Gasteiger partial charge is 0.348 e. The van der Waals surface area contributed by atoms with Crippen molar-refractivity contribution in [3.8, 4) is 0 Å². The van der Waals surface area contributed by atoms with Crippen LogP contribution in [0.4, 0.5) is 13.2 Å². The minimum absolute atomic E-state index is 0.00334. The molecule has 7 heteroatoms. The van der Waals surface area contributed by atoms with E-state index in [4.69, 9.17) is 0 Å². The average Bonchev–Trinajstić information content (AvgIpc) is 2.45. The van der Waals surface area contributed by atoms with Crippen LogP contribution in [0.5, 0.6) is 0 Å². The first-order chi connectivity index (χ1) is 9.86. The number of carbonyl (C=O) groups excluding carboxylic acids is 1. The number of aryl methyl sites for hydroxylation is 1. The predicted molar refractivity (Wildman–Crippen MR) is 69.4 cm³/mol. The van der Waals surface area contributed by atoms with Gasteiger partial charge in [-0.05, 0) is 24.6 Å². The molecule has 0 aliphatic carbocycles. The van der Waals surface area contributed by atoms with Crippen LogP contribution in [0.3, 0.4) is 0 Å². The highest BCUT2D eigenvalue weighted by Crippen LogP contribution is 2.29. The lowest BCUT2D eigenvalue weighted by Gasteiger charge is -2.09. The SMILES string of the molecule is Cc1ncc(C(=O)NCc2cccc(C(F)(F)F)c2)cn1. The first kappa shape index (κ1) is 15.0. The van der Waals surface area contributed by atoms with Gasteiger partial charge in [-0.25, -0.2) is 9.97 Å². The number of hydrogen-bond acceptors (Lipinski definition) is 3. The molecule has 0 radical (unpaired) electrons. The number of nitrogens with one attached hydrogen (secondary N) is 1. The third-order valence-corrected chi connectivity index (χ3v) is 2.75. The topological polar surface area (TPSA) is 54.9 Å². The minimum Gasteiger partial charge on any atom is -0.348 e. The molecule has 0 saturated heterocycles. The molecule has 0 saturated carbocycles. The summed E-state index contributed by atoms with van der Waals surface area (Å²) in [6, 6.07) is 4.81. The van der Waals surface area contributed by atoms with Crippen molar-refractivity contribution >= 4 is 5.91 Å². The molecule has 0 bridgehead atoms. The van der Waals surface area contributed by atoms with E-state index in [1.807, 2.05) is 0 Å². The van der Waals surface area contributed by atoms with Gasteiger partial charge in [0.15, 0.2) is 0 Å². The molecule has 2 aromatic rings. The van der Waals surface area contributed by atoms with Gasteiger partial charge in [0.2, 0.25) is 0 Å². The standard InChI is InChI=1S/C14H12F3N3O/c1-9-18-7-11(8-19-9)13(21)20-6-10-3-2-4-12(5-10)14(15,16)17/h2-5,7-8H,6H2,1H3,(H,20,21). The number of hydrogen-bond donors (Lipinski definition) is 1. The van der Waals surface area contributed by atoms with E-state index in [0.29, 0.717) is 11.4 Å². The molecular formula is C14H12F3N3O. The van der Waals surface area contributed by atoms with Gasteiger partial charge in [-0.15, -0.1) is 0 Å². The number of benzene rings is 1. The minimum atomic E-state index is -4.40. The second-order valence-electron chi connectivity index (χ2n) is 4.40. The summed E-state index contributed by atoms with van der Waals surface area (Å²) in [5.74, 6) is 0.0943. The fraction of sp³-hybridized carbons (Fsp3) is 0.214. The monoisotopic (exact) mass is 295 g/mol. The molecule has 1 amide bonds. The Morgan fingerprint density at radius 1 is 1.24 bits per heavy atom. The summed E-state index contributed by atoms with van der Waals surface area (Å²) in [5.41, 5.74) is -0.119. The first-order valence-corrected chi connectivity index (χ1v) is 6.09. The Bertz CT molecular complexity index is 639. The van der Waals surface area contributed by atoms with Crippen LogP contribution in [0.2, 0.25) is 0 Å². The number of amides is 1. The normalized spacial score (nSPS) is 11.2. The van der Waals surface area contributed by atoms with Gasteiger partial charge in [0.25, 0.3) is 5.91 Å². The van der Waals surface area contributed by atoms with Crippen molar-refractivity contribution in [2.45, 2.75) is 19.6 Å². The number of rotatable bonds is 3. The van der Waals surface area contributed by atoms with Crippen molar-refractivity contribution in [3.05, 3.63) is 59.2 Å². The van der Waals surface area contributed by atoms with Gasteiger partial charge >= 0.3 is 6.18 Å². The number of halogens is 3. The Labute approximate surface area is 119 Å². The molecule has 1 N–H and O–H groups in total. The Hall–Kier alpha value is -2.44. The predicted octanol–water partition coefficient (Wildman–Crippen LogP) is 2.73. The van der Waals surface area contributed by atoms with E-state index in [1.165, 1.54) is 24.5 Å². The summed E-state index contributed by atoms with van der Waals surface area (Å²) in [6.45, 7) is 1.68. The van der Waals surface area contributed by atoms with E-state index in [0.717, 1.165) is 12.1 Å². The quantitative estimate of drug-likeness (QED) is 0.947. The first-order valence-electron chi connectivity index (χ1n) is 6.09. The molecule has 0 fully saturated rings. The molecule has 110 valence electrons. The average molecular weight is 295 g/mol. The van der Waals surface area contributed by atoms with E-state index in [2.05, 4.69) is 15.3 Å².